The summed E-state index contributed by atoms with van der Waals surface area (Å²) in [4.78, 5) is 9.31. The van der Waals surface area contributed by atoms with Gasteiger partial charge >= 0.3 is 0 Å². The average molecular weight is 305 g/mol. The van der Waals surface area contributed by atoms with Crippen LogP contribution >= 0.6 is 0 Å². The molecule has 0 bridgehead atoms. The van der Waals surface area contributed by atoms with Gasteiger partial charge in [-0.3, -0.25) is 9.89 Å². The maximum Gasteiger partial charge on any atom is 0.193 e. The number of nitrogens with one attached hydrogen (secondary N) is 1. The van der Waals surface area contributed by atoms with Crippen molar-refractivity contribution in [1.82, 2.24) is 9.80 Å². The molecule has 1 saturated heterocycles. The van der Waals surface area contributed by atoms with E-state index in [1.807, 2.05) is 24.3 Å². The average Bonchev–Trinajstić information content (AvgIpc) is 2.56. The lowest BCUT2D eigenvalue weighted by Crippen LogP contribution is -2.46. The predicted molar refractivity (Wildman–Crippen MR) is 91.7 cm³/mol. The molecule has 0 spiro atoms. The molecule has 0 atom stereocenters. The minimum absolute atomic E-state index is 0.427. The number of hydrogen-bond donors (Lipinski definition) is 2. The second kappa shape index (κ2) is 8.60. The molecule has 0 amide bonds. The Morgan fingerprint density at radius 3 is 2.59 bits per heavy atom. The summed E-state index contributed by atoms with van der Waals surface area (Å²) < 4.78 is 5.28. The third-order valence-electron chi connectivity index (χ3n) is 3.98. The third kappa shape index (κ3) is 4.89. The van der Waals surface area contributed by atoms with Crippen LogP contribution in [0.2, 0.25) is 0 Å². The summed E-state index contributed by atoms with van der Waals surface area (Å²) in [5.74, 6) is 1.19. The maximum absolute atomic E-state index is 5.95. The Kier molecular flexibility index (Phi) is 6.48. The number of methoxy groups -OCH3 is 1. The van der Waals surface area contributed by atoms with Crippen molar-refractivity contribution in [2.75, 3.05) is 58.2 Å². The van der Waals surface area contributed by atoms with Crippen molar-refractivity contribution in [3.63, 3.8) is 0 Å². The molecule has 1 aromatic rings. The minimum Gasteiger partial charge on any atom is -0.495 e. The van der Waals surface area contributed by atoms with Gasteiger partial charge in [0.2, 0.25) is 0 Å². The first kappa shape index (κ1) is 16.6. The van der Waals surface area contributed by atoms with Gasteiger partial charge in [-0.1, -0.05) is 19.1 Å². The SMILES string of the molecule is CCN1CCN(CCN=C(N)Nc2ccccc2OC)CC1. The monoisotopic (exact) mass is 305 g/mol. The van der Waals surface area contributed by atoms with Gasteiger partial charge in [0.1, 0.15) is 5.75 Å². The van der Waals surface area contributed by atoms with E-state index in [4.69, 9.17) is 10.5 Å². The number of hydrogen-bond acceptors (Lipinski definition) is 4. The molecular formula is C16H27N5O. The predicted octanol–water partition coefficient (Wildman–Crippen LogP) is 1.06. The number of para-hydroxylation sites is 2. The summed E-state index contributed by atoms with van der Waals surface area (Å²) in [6.07, 6.45) is 0. The molecule has 1 fully saturated rings. The zero-order chi connectivity index (χ0) is 15.8. The van der Waals surface area contributed by atoms with Crippen molar-refractivity contribution in [2.24, 2.45) is 10.7 Å². The zero-order valence-electron chi connectivity index (χ0n) is 13.6. The molecule has 122 valence electrons. The van der Waals surface area contributed by atoms with Crippen LogP contribution in [0.1, 0.15) is 6.92 Å². The summed E-state index contributed by atoms with van der Waals surface area (Å²) in [5, 5.41) is 3.09. The first-order valence-electron chi connectivity index (χ1n) is 7.87. The highest BCUT2D eigenvalue weighted by Crippen LogP contribution is 2.22. The van der Waals surface area contributed by atoms with E-state index in [0.717, 1.165) is 50.7 Å². The van der Waals surface area contributed by atoms with Crippen molar-refractivity contribution in [3.05, 3.63) is 24.3 Å². The van der Waals surface area contributed by atoms with Crippen LogP contribution < -0.4 is 15.8 Å². The Morgan fingerprint density at radius 2 is 1.91 bits per heavy atom. The number of aliphatic imine (C=N–C) groups is 1. The number of nitrogens with two attached hydrogens (primary N) is 1. The summed E-state index contributed by atoms with van der Waals surface area (Å²) in [6, 6.07) is 7.67. The van der Waals surface area contributed by atoms with Crippen LogP contribution in [0, 0.1) is 0 Å². The van der Waals surface area contributed by atoms with Gasteiger partial charge in [-0.25, -0.2) is 0 Å². The van der Waals surface area contributed by atoms with E-state index in [9.17, 15) is 0 Å². The highest BCUT2D eigenvalue weighted by atomic mass is 16.5. The quantitative estimate of drug-likeness (QED) is 0.608. The number of ether oxygens (including phenoxy) is 1. The second-order valence-corrected chi connectivity index (χ2v) is 5.37. The molecule has 0 saturated carbocycles. The van der Waals surface area contributed by atoms with Crippen molar-refractivity contribution < 1.29 is 4.74 Å². The molecule has 1 heterocycles. The van der Waals surface area contributed by atoms with E-state index in [-0.39, 0.29) is 0 Å². The fourth-order valence-electron chi connectivity index (χ4n) is 2.57. The first-order chi connectivity index (χ1) is 10.7. The van der Waals surface area contributed by atoms with E-state index in [1.54, 1.807) is 7.11 Å². The van der Waals surface area contributed by atoms with E-state index in [0.29, 0.717) is 12.5 Å². The molecule has 0 unspecified atom stereocenters. The molecule has 22 heavy (non-hydrogen) atoms. The number of nitrogens with zero attached hydrogens (tertiary/aromatic N) is 3. The highest BCUT2D eigenvalue weighted by Gasteiger charge is 2.14. The molecule has 6 nitrogen and oxygen atoms in total. The molecule has 0 aliphatic carbocycles. The Hall–Kier alpha value is -1.79. The van der Waals surface area contributed by atoms with Crippen LogP contribution in [0.25, 0.3) is 0 Å². The van der Waals surface area contributed by atoms with E-state index >= 15 is 0 Å². The number of guanidine groups is 1. The largest absolute Gasteiger partial charge is 0.495 e. The Morgan fingerprint density at radius 1 is 1.23 bits per heavy atom. The lowest BCUT2D eigenvalue weighted by molar-refractivity contribution is 0.140. The van der Waals surface area contributed by atoms with E-state index in [1.165, 1.54) is 0 Å². The standard InChI is InChI=1S/C16H27N5O/c1-3-20-10-12-21(13-11-20)9-8-18-16(17)19-14-6-4-5-7-15(14)22-2/h4-7H,3,8-13H2,1-2H3,(H3,17,18,19). The highest BCUT2D eigenvalue weighted by molar-refractivity contribution is 5.93. The third-order valence-corrected chi connectivity index (χ3v) is 3.98. The van der Waals surface area contributed by atoms with Crippen molar-refractivity contribution in [2.45, 2.75) is 6.92 Å². The molecule has 0 radical (unpaired) electrons. The topological polar surface area (TPSA) is 66.1 Å². The zero-order valence-corrected chi connectivity index (χ0v) is 13.6. The second-order valence-electron chi connectivity index (χ2n) is 5.37. The normalized spacial score (nSPS) is 17.5. The number of benzene rings is 1. The number of piperazine rings is 1. The van der Waals surface area contributed by atoms with Crippen LogP contribution in [0.15, 0.2) is 29.3 Å². The lowest BCUT2D eigenvalue weighted by Gasteiger charge is -2.33. The van der Waals surface area contributed by atoms with Crippen LogP contribution in [-0.4, -0.2) is 68.7 Å². The first-order valence-corrected chi connectivity index (χ1v) is 7.87. The van der Waals surface area contributed by atoms with Gasteiger partial charge < -0.3 is 20.7 Å². The van der Waals surface area contributed by atoms with Gasteiger partial charge in [0.05, 0.1) is 19.3 Å². The summed E-state index contributed by atoms with van der Waals surface area (Å²) >= 11 is 0. The van der Waals surface area contributed by atoms with Crippen molar-refractivity contribution in [3.8, 4) is 5.75 Å². The number of anilines is 1. The molecule has 1 aromatic carbocycles. The maximum atomic E-state index is 5.95. The summed E-state index contributed by atoms with van der Waals surface area (Å²) in [6.45, 7) is 9.54. The molecular weight excluding hydrogens is 278 g/mol. The molecule has 6 heteroatoms. The Balaban J connectivity index is 1.76. The van der Waals surface area contributed by atoms with Crippen LogP contribution in [0.5, 0.6) is 5.75 Å². The van der Waals surface area contributed by atoms with Gasteiger partial charge in [0.15, 0.2) is 5.96 Å². The molecule has 1 aliphatic rings. The van der Waals surface area contributed by atoms with Crippen LogP contribution in [0.3, 0.4) is 0 Å². The van der Waals surface area contributed by atoms with Crippen molar-refractivity contribution >= 4 is 11.6 Å². The van der Waals surface area contributed by atoms with Gasteiger partial charge in [-0.15, -0.1) is 0 Å². The van der Waals surface area contributed by atoms with Crippen LogP contribution in [-0.2, 0) is 0 Å². The van der Waals surface area contributed by atoms with E-state index < -0.39 is 0 Å². The fraction of sp³-hybridized carbons (Fsp3) is 0.562. The van der Waals surface area contributed by atoms with Gasteiger partial charge in [-0.05, 0) is 18.7 Å². The minimum atomic E-state index is 0.427. The molecule has 2 rings (SSSR count). The van der Waals surface area contributed by atoms with Crippen molar-refractivity contribution in [1.29, 1.82) is 0 Å². The van der Waals surface area contributed by atoms with Gasteiger partial charge in [-0.2, -0.15) is 0 Å². The van der Waals surface area contributed by atoms with Gasteiger partial charge in [0, 0.05) is 32.7 Å². The Labute approximate surface area is 132 Å². The number of likely N-dealkylation sites (N-methyl/N-ethyl adjacent to an activating group) is 1. The molecule has 1 aliphatic heterocycles. The smallest absolute Gasteiger partial charge is 0.193 e. The van der Waals surface area contributed by atoms with Gasteiger partial charge in [0.25, 0.3) is 0 Å². The Bertz CT molecular complexity index is 483. The summed E-state index contributed by atoms with van der Waals surface area (Å²) in [7, 11) is 1.64. The molecule has 0 aromatic heterocycles. The molecule has 3 N–H and O–H groups in total. The lowest BCUT2D eigenvalue weighted by atomic mass is 10.3. The summed E-state index contributed by atoms with van der Waals surface area (Å²) in [5.41, 5.74) is 6.78. The fourth-order valence-corrected chi connectivity index (χ4v) is 2.57. The van der Waals surface area contributed by atoms with Crippen LogP contribution in [0.4, 0.5) is 5.69 Å². The van der Waals surface area contributed by atoms with E-state index in [2.05, 4.69) is 27.0 Å². The number of rotatable bonds is 6.